The highest BCUT2D eigenvalue weighted by Gasteiger charge is 2.33. The summed E-state index contributed by atoms with van der Waals surface area (Å²) < 4.78 is 5.47. The monoisotopic (exact) mass is 268 g/mol. The first-order valence-electron chi connectivity index (χ1n) is 7.58. The average molecular weight is 268 g/mol. The number of carbonyl (C=O) groups excluding carboxylic acids is 1. The van der Waals surface area contributed by atoms with Crippen LogP contribution in [0.3, 0.4) is 0 Å². The van der Waals surface area contributed by atoms with Crippen molar-refractivity contribution in [2.75, 3.05) is 13.1 Å². The van der Waals surface area contributed by atoms with Gasteiger partial charge in [-0.15, -0.1) is 0 Å². The van der Waals surface area contributed by atoms with Crippen LogP contribution in [-0.4, -0.2) is 35.7 Å². The van der Waals surface area contributed by atoms with E-state index in [1.165, 1.54) is 6.42 Å². The van der Waals surface area contributed by atoms with Crippen LogP contribution in [0.2, 0.25) is 0 Å². The predicted octanol–water partition coefficient (Wildman–Crippen LogP) is 2.76. The minimum Gasteiger partial charge on any atom is -0.444 e. The molecule has 3 atom stereocenters. The third-order valence-corrected chi connectivity index (χ3v) is 4.37. The van der Waals surface area contributed by atoms with Gasteiger partial charge in [0.05, 0.1) is 0 Å². The third-order valence-electron chi connectivity index (χ3n) is 4.37. The number of amides is 1. The number of rotatable bonds is 0. The summed E-state index contributed by atoms with van der Waals surface area (Å²) in [4.78, 5) is 14.0. The van der Waals surface area contributed by atoms with E-state index in [0.29, 0.717) is 12.0 Å². The van der Waals surface area contributed by atoms with Crippen LogP contribution in [0, 0.1) is 11.8 Å². The fourth-order valence-electron chi connectivity index (χ4n) is 3.36. The highest BCUT2D eigenvalue weighted by Crippen LogP contribution is 2.36. The Balaban J connectivity index is 1.91. The van der Waals surface area contributed by atoms with Crippen LogP contribution >= 0.6 is 0 Å². The van der Waals surface area contributed by atoms with E-state index in [0.717, 1.165) is 44.7 Å². The maximum absolute atomic E-state index is 12.1. The zero-order chi connectivity index (χ0) is 14.0. The minimum atomic E-state index is -0.404. The number of hydrogen-bond donors (Lipinski definition) is 1. The lowest BCUT2D eigenvalue weighted by atomic mass is 9.75. The summed E-state index contributed by atoms with van der Waals surface area (Å²) >= 11 is 0. The quantitative estimate of drug-likeness (QED) is 0.735. The molecule has 4 nitrogen and oxygen atoms in total. The van der Waals surface area contributed by atoms with E-state index in [2.05, 4.69) is 0 Å². The van der Waals surface area contributed by atoms with Gasteiger partial charge in [-0.05, 0) is 64.7 Å². The summed E-state index contributed by atoms with van der Waals surface area (Å²) in [5.41, 5.74) is 5.66. The molecule has 1 aliphatic heterocycles. The van der Waals surface area contributed by atoms with Crippen LogP contribution in [0.4, 0.5) is 4.79 Å². The SMILES string of the molecule is CC(C)(C)OC(=O)N1CCC2CCC(N)CC2CC1. The molecule has 0 radical (unpaired) electrons. The van der Waals surface area contributed by atoms with E-state index in [-0.39, 0.29) is 6.09 Å². The number of hydrogen-bond acceptors (Lipinski definition) is 3. The maximum Gasteiger partial charge on any atom is 0.410 e. The van der Waals surface area contributed by atoms with Crippen molar-refractivity contribution in [3.63, 3.8) is 0 Å². The van der Waals surface area contributed by atoms with E-state index in [1.807, 2.05) is 25.7 Å². The van der Waals surface area contributed by atoms with Gasteiger partial charge in [0.25, 0.3) is 0 Å². The molecule has 2 aliphatic rings. The number of carbonyl (C=O) groups is 1. The second-order valence-corrected chi connectivity index (χ2v) is 7.14. The molecular formula is C15H28N2O2. The van der Waals surface area contributed by atoms with E-state index in [1.54, 1.807) is 0 Å². The molecule has 1 amide bonds. The van der Waals surface area contributed by atoms with Crippen LogP contribution in [0.25, 0.3) is 0 Å². The van der Waals surface area contributed by atoms with Crippen LogP contribution < -0.4 is 5.73 Å². The van der Waals surface area contributed by atoms with Gasteiger partial charge < -0.3 is 15.4 Å². The molecule has 3 unspecified atom stereocenters. The van der Waals surface area contributed by atoms with Gasteiger partial charge in [0.1, 0.15) is 5.60 Å². The molecular weight excluding hydrogens is 240 g/mol. The van der Waals surface area contributed by atoms with Crippen molar-refractivity contribution in [2.24, 2.45) is 17.6 Å². The molecule has 19 heavy (non-hydrogen) atoms. The average Bonchev–Trinajstić information content (AvgIpc) is 2.48. The Kier molecular flexibility index (Phi) is 4.39. The molecule has 2 rings (SSSR count). The number of nitrogens with zero attached hydrogens (tertiary/aromatic N) is 1. The first kappa shape index (κ1) is 14.6. The Hall–Kier alpha value is -0.770. The molecule has 1 saturated carbocycles. The van der Waals surface area contributed by atoms with E-state index >= 15 is 0 Å². The lowest BCUT2D eigenvalue weighted by molar-refractivity contribution is 0.0254. The number of ether oxygens (including phenoxy) is 1. The molecule has 0 aromatic carbocycles. The Bertz CT molecular complexity index is 325. The summed E-state index contributed by atoms with van der Waals surface area (Å²) in [6.07, 6.45) is 5.54. The summed E-state index contributed by atoms with van der Waals surface area (Å²) in [6.45, 7) is 7.42. The van der Waals surface area contributed by atoms with Crippen molar-refractivity contribution in [3.8, 4) is 0 Å². The Morgan fingerprint density at radius 3 is 2.37 bits per heavy atom. The summed E-state index contributed by atoms with van der Waals surface area (Å²) in [5, 5.41) is 0. The topological polar surface area (TPSA) is 55.6 Å². The largest absolute Gasteiger partial charge is 0.444 e. The first-order valence-corrected chi connectivity index (χ1v) is 7.58. The van der Waals surface area contributed by atoms with Gasteiger partial charge in [0, 0.05) is 19.1 Å². The highest BCUT2D eigenvalue weighted by molar-refractivity contribution is 5.68. The molecule has 1 heterocycles. The molecule has 0 spiro atoms. The maximum atomic E-state index is 12.1. The summed E-state index contributed by atoms with van der Waals surface area (Å²) in [6, 6.07) is 0.370. The molecule has 110 valence electrons. The molecule has 4 heteroatoms. The van der Waals surface area contributed by atoms with Crippen LogP contribution in [0.1, 0.15) is 52.9 Å². The van der Waals surface area contributed by atoms with Crippen molar-refractivity contribution < 1.29 is 9.53 Å². The van der Waals surface area contributed by atoms with Crippen molar-refractivity contribution in [2.45, 2.75) is 64.5 Å². The molecule has 1 saturated heterocycles. The third kappa shape index (κ3) is 4.10. The lowest BCUT2D eigenvalue weighted by Crippen LogP contribution is -2.37. The van der Waals surface area contributed by atoms with Gasteiger partial charge in [-0.3, -0.25) is 0 Å². The van der Waals surface area contributed by atoms with E-state index < -0.39 is 5.60 Å². The summed E-state index contributed by atoms with van der Waals surface area (Å²) in [5.74, 6) is 1.46. The van der Waals surface area contributed by atoms with Gasteiger partial charge in [-0.1, -0.05) is 0 Å². The fourth-order valence-corrected chi connectivity index (χ4v) is 3.36. The van der Waals surface area contributed by atoms with Gasteiger partial charge in [-0.25, -0.2) is 4.79 Å². The molecule has 1 aliphatic carbocycles. The fraction of sp³-hybridized carbons (Fsp3) is 0.933. The number of nitrogens with two attached hydrogens (primary N) is 1. The Morgan fingerprint density at radius 1 is 1.11 bits per heavy atom. The molecule has 2 fully saturated rings. The molecule has 0 aromatic rings. The molecule has 2 N–H and O–H groups in total. The second-order valence-electron chi connectivity index (χ2n) is 7.14. The van der Waals surface area contributed by atoms with E-state index in [4.69, 9.17) is 10.5 Å². The smallest absolute Gasteiger partial charge is 0.410 e. The van der Waals surface area contributed by atoms with Gasteiger partial charge in [0.15, 0.2) is 0 Å². The van der Waals surface area contributed by atoms with Crippen molar-refractivity contribution in [3.05, 3.63) is 0 Å². The van der Waals surface area contributed by atoms with Crippen LogP contribution in [-0.2, 0) is 4.74 Å². The van der Waals surface area contributed by atoms with Gasteiger partial charge in [-0.2, -0.15) is 0 Å². The van der Waals surface area contributed by atoms with Crippen molar-refractivity contribution >= 4 is 6.09 Å². The van der Waals surface area contributed by atoms with Gasteiger partial charge in [0.2, 0.25) is 0 Å². The van der Waals surface area contributed by atoms with E-state index in [9.17, 15) is 4.79 Å². The minimum absolute atomic E-state index is 0.157. The number of fused-ring (bicyclic) bond motifs is 1. The van der Waals surface area contributed by atoms with Crippen LogP contribution in [0.5, 0.6) is 0 Å². The lowest BCUT2D eigenvalue weighted by Gasteiger charge is -2.33. The molecule has 0 aromatic heterocycles. The zero-order valence-electron chi connectivity index (χ0n) is 12.5. The van der Waals surface area contributed by atoms with Gasteiger partial charge >= 0.3 is 6.09 Å². The standard InChI is InChI=1S/C15H28N2O2/c1-15(2,3)19-14(18)17-8-6-11-4-5-13(16)10-12(11)7-9-17/h11-13H,4-10,16H2,1-3H3. The second kappa shape index (κ2) is 5.70. The Labute approximate surface area is 116 Å². The first-order chi connectivity index (χ1) is 8.85. The highest BCUT2D eigenvalue weighted by atomic mass is 16.6. The van der Waals surface area contributed by atoms with Crippen LogP contribution in [0.15, 0.2) is 0 Å². The van der Waals surface area contributed by atoms with Crippen molar-refractivity contribution in [1.82, 2.24) is 4.90 Å². The Morgan fingerprint density at radius 2 is 1.74 bits per heavy atom. The zero-order valence-corrected chi connectivity index (χ0v) is 12.5. The normalized spacial score (nSPS) is 32.4. The summed E-state index contributed by atoms with van der Waals surface area (Å²) in [7, 11) is 0. The predicted molar refractivity (Wildman–Crippen MR) is 75.8 cm³/mol. The number of likely N-dealkylation sites (tertiary alicyclic amines) is 1. The van der Waals surface area contributed by atoms with Crippen molar-refractivity contribution in [1.29, 1.82) is 0 Å². The molecule has 0 bridgehead atoms.